The molecule has 1 aromatic carbocycles. The quantitative estimate of drug-likeness (QED) is 0.266. The molecule has 0 fully saturated rings. The molecule has 108 valence electrons. The van der Waals surface area contributed by atoms with Crippen LogP contribution in [0.1, 0.15) is 0 Å². The van der Waals surface area contributed by atoms with Gasteiger partial charge in [0.15, 0.2) is 11.0 Å². The van der Waals surface area contributed by atoms with Crippen molar-refractivity contribution in [3.8, 4) is 0 Å². The van der Waals surface area contributed by atoms with Crippen LogP contribution in [-0.2, 0) is 0 Å². The number of benzene rings is 1. The average molecular weight is 304 g/mol. The Morgan fingerprint density at radius 2 is 2.15 bits per heavy atom. The van der Waals surface area contributed by atoms with E-state index in [1.807, 2.05) is 0 Å². The zero-order valence-electron chi connectivity index (χ0n) is 10.1. The summed E-state index contributed by atoms with van der Waals surface area (Å²) in [5.41, 5.74) is 6.49. The Bertz CT molecular complexity index is 592. The van der Waals surface area contributed by atoms with Crippen LogP contribution in [0.4, 0.5) is 13.2 Å². The molecule has 1 aromatic heterocycles. The number of para-hydroxylation sites is 2. The van der Waals surface area contributed by atoms with Crippen LogP contribution in [-0.4, -0.2) is 32.9 Å². The molecule has 0 aliphatic heterocycles. The molecule has 0 saturated heterocycles. The highest BCUT2D eigenvalue weighted by molar-refractivity contribution is 7.99. The summed E-state index contributed by atoms with van der Waals surface area (Å²) in [5.74, 6) is -3.30. The maximum absolute atomic E-state index is 12.7. The van der Waals surface area contributed by atoms with E-state index in [1.54, 1.807) is 24.3 Å². The van der Waals surface area contributed by atoms with Crippen LogP contribution in [0.15, 0.2) is 34.6 Å². The zero-order chi connectivity index (χ0) is 14.8. The topological polar surface area (TPSA) is 87.3 Å². The van der Waals surface area contributed by atoms with Gasteiger partial charge < -0.3 is 15.9 Å². The van der Waals surface area contributed by atoms with E-state index < -0.39 is 23.7 Å². The third kappa shape index (κ3) is 3.16. The first-order valence-corrected chi connectivity index (χ1v) is 6.52. The number of aromatic nitrogens is 2. The average Bonchev–Trinajstić information content (AvgIpc) is 2.79. The number of imidazole rings is 1. The van der Waals surface area contributed by atoms with Crippen LogP contribution < -0.4 is 5.73 Å². The van der Waals surface area contributed by atoms with Crippen molar-refractivity contribution in [2.75, 3.05) is 5.75 Å². The van der Waals surface area contributed by atoms with Gasteiger partial charge in [-0.2, -0.15) is 13.2 Å². The number of thioether (sulfide) groups is 1. The van der Waals surface area contributed by atoms with Crippen LogP contribution in [0.2, 0.25) is 0 Å². The standard InChI is InChI=1S/C11H11F3N4OS/c12-11(13,14)6(9(15)18-19)5-20-10-16-7-3-1-2-4-8(7)17-10/h1-4,6,19H,5H2,(H2,15,18)(H,16,17). The Kier molecular flexibility index (Phi) is 4.07. The van der Waals surface area contributed by atoms with Crippen molar-refractivity contribution < 1.29 is 18.4 Å². The molecule has 1 atom stereocenters. The predicted molar refractivity (Wildman–Crippen MR) is 69.8 cm³/mol. The van der Waals surface area contributed by atoms with Gasteiger partial charge in [-0.05, 0) is 12.1 Å². The maximum Gasteiger partial charge on any atom is 0.399 e. The Labute approximate surface area is 116 Å². The van der Waals surface area contributed by atoms with E-state index in [0.717, 1.165) is 17.3 Å². The molecule has 0 saturated carbocycles. The first kappa shape index (κ1) is 14.5. The molecule has 0 radical (unpaired) electrons. The van der Waals surface area contributed by atoms with Crippen LogP contribution >= 0.6 is 11.8 Å². The molecular formula is C11H11F3N4OS. The highest BCUT2D eigenvalue weighted by atomic mass is 32.2. The first-order valence-electron chi connectivity index (χ1n) is 5.53. The van der Waals surface area contributed by atoms with Gasteiger partial charge in [0.2, 0.25) is 0 Å². The number of nitrogens with one attached hydrogen (secondary N) is 1. The number of nitrogens with zero attached hydrogens (tertiary/aromatic N) is 2. The maximum atomic E-state index is 12.7. The van der Waals surface area contributed by atoms with Crippen molar-refractivity contribution in [3.63, 3.8) is 0 Å². The lowest BCUT2D eigenvalue weighted by molar-refractivity contribution is -0.150. The summed E-state index contributed by atoms with van der Waals surface area (Å²) in [5, 5.41) is 11.2. The fourth-order valence-electron chi connectivity index (χ4n) is 1.58. The molecule has 1 heterocycles. The number of hydrogen-bond donors (Lipinski definition) is 3. The van der Waals surface area contributed by atoms with Gasteiger partial charge in [0, 0.05) is 5.75 Å². The molecule has 20 heavy (non-hydrogen) atoms. The minimum atomic E-state index is -4.57. The second kappa shape index (κ2) is 5.61. The monoisotopic (exact) mass is 304 g/mol. The molecule has 0 aliphatic carbocycles. The summed E-state index contributed by atoms with van der Waals surface area (Å²) in [7, 11) is 0. The van der Waals surface area contributed by atoms with E-state index in [-0.39, 0.29) is 0 Å². The van der Waals surface area contributed by atoms with Gasteiger partial charge in [-0.25, -0.2) is 4.98 Å². The van der Waals surface area contributed by atoms with Gasteiger partial charge in [-0.3, -0.25) is 0 Å². The minimum Gasteiger partial charge on any atom is -0.409 e. The van der Waals surface area contributed by atoms with Crippen molar-refractivity contribution in [3.05, 3.63) is 24.3 Å². The van der Waals surface area contributed by atoms with Crippen LogP contribution in [0, 0.1) is 5.92 Å². The first-order chi connectivity index (χ1) is 9.41. The van der Waals surface area contributed by atoms with Crippen molar-refractivity contribution in [2.24, 2.45) is 16.8 Å². The Balaban J connectivity index is 2.13. The Morgan fingerprint density at radius 3 is 2.75 bits per heavy atom. The highest BCUT2D eigenvalue weighted by Crippen LogP contribution is 2.31. The van der Waals surface area contributed by atoms with E-state index in [4.69, 9.17) is 10.9 Å². The largest absolute Gasteiger partial charge is 0.409 e. The van der Waals surface area contributed by atoms with E-state index in [1.165, 1.54) is 0 Å². The lowest BCUT2D eigenvalue weighted by Gasteiger charge is -2.17. The second-order valence-electron chi connectivity index (χ2n) is 3.99. The number of alkyl halides is 3. The van der Waals surface area contributed by atoms with Gasteiger partial charge in [0.05, 0.1) is 11.0 Å². The summed E-state index contributed by atoms with van der Waals surface area (Å²) in [6.45, 7) is 0. The molecule has 2 aromatic rings. The summed E-state index contributed by atoms with van der Waals surface area (Å²) in [4.78, 5) is 7.05. The number of H-pyrrole nitrogens is 1. The van der Waals surface area contributed by atoms with E-state index in [9.17, 15) is 13.2 Å². The fourth-order valence-corrected chi connectivity index (χ4v) is 2.61. The third-order valence-electron chi connectivity index (χ3n) is 2.62. The van der Waals surface area contributed by atoms with Crippen LogP contribution in [0.3, 0.4) is 0 Å². The lowest BCUT2D eigenvalue weighted by Crippen LogP contribution is -2.37. The van der Waals surface area contributed by atoms with Crippen molar-refractivity contribution in [1.29, 1.82) is 0 Å². The van der Waals surface area contributed by atoms with Crippen molar-refractivity contribution >= 4 is 28.6 Å². The van der Waals surface area contributed by atoms with E-state index in [0.29, 0.717) is 10.7 Å². The third-order valence-corrected chi connectivity index (χ3v) is 3.59. The predicted octanol–water partition coefficient (Wildman–Crippen LogP) is 2.58. The molecule has 9 heteroatoms. The molecule has 1 unspecified atom stereocenters. The number of fused-ring (bicyclic) bond motifs is 1. The second-order valence-corrected chi connectivity index (χ2v) is 5.00. The van der Waals surface area contributed by atoms with Crippen LogP contribution in [0.5, 0.6) is 0 Å². The molecule has 5 nitrogen and oxygen atoms in total. The number of amidine groups is 1. The number of aromatic amines is 1. The minimum absolute atomic E-state index is 0.353. The summed E-state index contributed by atoms with van der Waals surface area (Å²) in [6.07, 6.45) is -4.57. The number of oxime groups is 1. The van der Waals surface area contributed by atoms with E-state index in [2.05, 4.69) is 15.1 Å². The summed E-state index contributed by atoms with van der Waals surface area (Å²) in [6, 6.07) is 7.11. The number of halogens is 3. The molecule has 0 amide bonds. The number of hydrogen-bond acceptors (Lipinski definition) is 4. The highest BCUT2D eigenvalue weighted by Gasteiger charge is 2.42. The molecule has 0 bridgehead atoms. The number of nitrogens with two attached hydrogens (primary N) is 1. The summed E-state index contributed by atoms with van der Waals surface area (Å²) >= 11 is 0.866. The molecular weight excluding hydrogens is 293 g/mol. The molecule has 2 rings (SSSR count). The Hall–Kier alpha value is -1.90. The van der Waals surface area contributed by atoms with Gasteiger partial charge in [-0.1, -0.05) is 29.1 Å². The Morgan fingerprint density at radius 1 is 1.45 bits per heavy atom. The van der Waals surface area contributed by atoms with Gasteiger partial charge in [0.25, 0.3) is 0 Å². The summed E-state index contributed by atoms with van der Waals surface area (Å²) < 4.78 is 38.2. The van der Waals surface area contributed by atoms with Gasteiger partial charge >= 0.3 is 6.18 Å². The lowest BCUT2D eigenvalue weighted by atomic mass is 10.1. The molecule has 4 N–H and O–H groups in total. The van der Waals surface area contributed by atoms with E-state index >= 15 is 0 Å². The normalized spacial score (nSPS) is 14.7. The fraction of sp³-hybridized carbons (Fsp3) is 0.273. The molecule has 0 aliphatic rings. The number of rotatable bonds is 4. The SMILES string of the molecule is N/C(=N/O)C(CSc1nc2ccccc2[nH]1)C(F)(F)F. The van der Waals surface area contributed by atoms with Crippen molar-refractivity contribution in [2.45, 2.75) is 11.3 Å². The van der Waals surface area contributed by atoms with Crippen LogP contribution in [0.25, 0.3) is 11.0 Å². The van der Waals surface area contributed by atoms with Crippen molar-refractivity contribution in [1.82, 2.24) is 9.97 Å². The zero-order valence-corrected chi connectivity index (χ0v) is 10.9. The smallest absolute Gasteiger partial charge is 0.399 e. The molecule has 0 spiro atoms. The van der Waals surface area contributed by atoms with Gasteiger partial charge in [0.1, 0.15) is 5.92 Å². The van der Waals surface area contributed by atoms with Gasteiger partial charge in [-0.15, -0.1) is 0 Å².